The van der Waals surface area contributed by atoms with Gasteiger partial charge >= 0.3 is 11.9 Å². The summed E-state index contributed by atoms with van der Waals surface area (Å²) in [6.07, 6.45) is 1.63. The monoisotopic (exact) mass is 337 g/mol. The second-order valence-corrected chi connectivity index (χ2v) is 5.14. The van der Waals surface area contributed by atoms with Crippen molar-refractivity contribution >= 4 is 23.9 Å². The highest BCUT2D eigenvalue weighted by Gasteiger charge is 2.23. The van der Waals surface area contributed by atoms with Gasteiger partial charge in [0.05, 0.1) is 7.11 Å². The lowest BCUT2D eigenvalue weighted by Gasteiger charge is -2.04. The molecule has 0 aromatic heterocycles. The summed E-state index contributed by atoms with van der Waals surface area (Å²) in [5.74, 6) is -0.141. The van der Waals surface area contributed by atoms with E-state index in [1.54, 1.807) is 30.3 Å². The van der Waals surface area contributed by atoms with E-state index >= 15 is 0 Å². The van der Waals surface area contributed by atoms with Gasteiger partial charge in [0, 0.05) is 5.56 Å². The normalized spacial score (nSPS) is 14.8. The van der Waals surface area contributed by atoms with E-state index in [4.69, 9.17) is 9.47 Å². The van der Waals surface area contributed by atoms with Crippen LogP contribution in [0.5, 0.6) is 5.75 Å². The molecule has 25 heavy (non-hydrogen) atoms. The molecule has 0 unspecified atom stereocenters. The molecular formula is C19H15NO5. The highest BCUT2D eigenvalue weighted by molar-refractivity contribution is 6.12. The predicted octanol–water partition coefficient (Wildman–Crippen LogP) is 2.58. The van der Waals surface area contributed by atoms with Gasteiger partial charge in [-0.25, -0.2) is 14.6 Å². The quantitative estimate of drug-likeness (QED) is 0.619. The molecule has 2 aromatic carbocycles. The van der Waals surface area contributed by atoms with Crippen molar-refractivity contribution in [3.05, 3.63) is 71.4 Å². The van der Waals surface area contributed by atoms with Crippen LogP contribution in [0.25, 0.3) is 6.08 Å². The Morgan fingerprint density at radius 3 is 2.52 bits per heavy atom. The molecule has 0 spiro atoms. The summed E-state index contributed by atoms with van der Waals surface area (Å²) in [7, 11) is 1.30. The smallest absolute Gasteiger partial charge is 0.363 e. The highest BCUT2D eigenvalue weighted by atomic mass is 16.6. The summed E-state index contributed by atoms with van der Waals surface area (Å²) < 4.78 is 15.0. The summed E-state index contributed by atoms with van der Waals surface area (Å²) in [4.78, 5) is 27.2. The summed E-state index contributed by atoms with van der Waals surface area (Å²) >= 11 is 0. The zero-order chi connectivity index (χ0) is 17.6. The molecule has 126 valence electrons. The van der Waals surface area contributed by atoms with Gasteiger partial charge in [-0.1, -0.05) is 30.3 Å². The average Bonchev–Trinajstić information content (AvgIpc) is 3.02. The van der Waals surface area contributed by atoms with Crippen LogP contribution in [-0.2, 0) is 19.1 Å². The molecule has 0 saturated carbocycles. The van der Waals surface area contributed by atoms with Crippen molar-refractivity contribution in [3.63, 3.8) is 0 Å². The third-order valence-corrected chi connectivity index (χ3v) is 3.41. The Balaban J connectivity index is 1.73. The van der Waals surface area contributed by atoms with Crippen molar-refractivity contribution in [1.29, 1.82) is 0 Å². The van der Waals surface area contributed by atoms with Gasteiger partial charge in [-0.15, -0.1) is 0 Å². The maximum atomic E-state index is 12.0. The second-order valence-electron chi connectivity index (χ2n) is 5.14. The van der Waals surface area contributed by atoms with Gasteiger partial charge in [0.25, 0.3) is 0 Å². The molecule has 1 heterocycles. The Bertz CT molecular complexity index is 838. The first-order chi connectivity index (χ1) is 12.2. The van der Waals surface area contributed by atoms with Crippen LogP contribution >= 0.6 is 0 Å². The molecule has 0 atom stereocenters. The minimum absolute atomic E-state index is 0.159. The van der Waals surface area contributed by atoms with Gasteiger partial charge in [-0.2, -0.15) is 0 Å². The SMILES string of the molecule is COC(=O)COc1ccc(/C=C2\N=C(c3ccccc3)OC2=O)cc1. The number of carbonyl (C=O) groups is 2. The molecule has 0 amide bonds. The molecule has 0 radical (unpaired) electrons. The van der Waals surface area contributed by atoms with E-state index in [9.17, 15) is 9.59 Å². The number of esters is 2. The molecule has 2 aromatic rings. The fourth-order valence-corrected chi connectivity index (χ4v) is 2.13. The zero-order valence-corrected chi connectivity index (χ0v) is 13.5. The fourth-order valence-electron chi connectivity index (χ4n) is 2.13. The van der Waals surface area contributed by atoms with Crippen LogP contribution in [-0.4, -0.2) is 31.6 Å². The van der Waals surface area contributed by atoms with Crippen LogP contribution in [0.2, 0.25) is 0 Å². The van der Waals surface area contributed by atoms with Crippen LogP contribution in [0.3, 0.4) is 0 Å². The Labute approximate surface area is 144 Å². The summed E-state index contributed by atoms with van der Waals surface area (Å²) in [5, 5.41) is 0. The van der Waals surface area contributed by atoms with Crippen molar-refractivity contribution in [2.24, 2.45) is 4.99 Å². The first-order valence-corrected chi connectivity index (χ1v) is 7.53. The lowest BCUT2D eigenvalue weighted by Crippen LogP contribution is -2.12. The van der Waals surface area contributed by atoms with Crippen LogP contribution in [0, 0.1) is 0 Å². The van der Waals surface area contributed by atoms with Crippen molar-refractivity contribution in [1.82, 2.24) is 0 Å². The predicted molar refractivity (Wildman–Crippen MR) is 91.0 cm³/mol. The standard InChI is InChI=1S/C19H15NO5/c1-23-17(21)12-24-15-9-7-13(8-10-15)11-16-19(22)25-18(20-16)14-5-3-2-4-6-14/h2-11H,12H2,1H3/b16-11-. The third-order valence-electron chi connectivity index (χ3n) is 3.41. The Hall–Kier alpha value is -3.41. The first-order valence-electron chi connectivity index (χ1n) is 7.53. The maximum absolute atomic E-state index is 12.0. The van der Waals surface area contributed by atoms with Gasteiger partial charge in [-0.3, -0.25) is 0 Å². The van der Waals surface area contributed by atoms with E-state index in [-0.39, 0.29) is 18.2 Å². The first kappa shape index (κ1) is 16.4. The summed E-state index contributed by atoms with van der Waals surface area (Å²) in [5.41, 5.74) is 1.73. The lowest BCUT2D eigenvalue weighted by molar-refractivity contribution is -0.142. The molecule has 0 bridgehead atoms. The van der Waals surface area contributed by atoms with E-state index in [0.29, 0.717) is 5.75 Å². The van der Waals surface area contributed by atoms with Crippen molar-refractivity contribution in [3.8, 4) is 5.75 Å². The van der Waals surface area contributed by atoms with Gasteiger partial charge in [0.15, 0.2) is 12.3 Å². The number of hydrogen-bond acceptors (Lipinski definition) is 6. The molecule has 6 heteroatoms. The van der Waals surface area contributed by atoms with Crippen LogP contribution in [0.1, 0.15) is 11.1 Å². The van der Waals surface area contributed by atoms with Gasteiger partial charge < -0.3 is 14.2 Å². The molecule has 0 saturated heterocycles. The van der Waals surface area contributed by atoms with Gasteiger partial charge in [0.1, 0.15) is 5.75 Å². The Morgan fingerprint density at radius 2 is 1.84 bits per heavy atom. The maximum Gasteiger partial charge on any atom is 0.363 e. The molecule has 1 aliphatic rings. The molecule has 3 rings (SSSR count). The van der Waals surface area contributed by atoms with Gasteiger partial charge in [-0.05, 0) is 35.9 Å². The fraction of sp³-hybridized carbons (Fsp3) is 0.105. The van der Waals surface area contributed by atoms with E-state index in [0.717, 1.165) is 11.1 Å². The number of aliphatic imine (C=N–C) groups is 1. The number of nitrogens with zero attached hydrogens (tertiary/aromatic N) is 1. The van der Waals surface area contributed by atoms with Crippen LogP contribution in [0.4, 0.5) is 0 Å². The molecule has 0 aliphatic carbocycles. The molecule has 0 fully saturated rings. The average molecular weight is 337 g/mol. The van der Waals surface area contributed by atoms with Crippen molar-refractivity contribution in [2.45, 2.75) is 0 Å². The van der Waals surface area contributed by atoms with Crippen molar-refractivity contribution < 1.29 is 23.8 Å². The number of cyclic esters (lactones) is 1. The molecule has 0 N–H and O–H groups in total. The summed E-state index contributed by atoms with van der Waals surface area (Å²) in [6, 6.07) is 16.1. The zero-order valence-electron chi connectivity index (χ0n) is 13.5. The molecule has 1 aliphatic heterocycles. The number of methoxy groups -OCH3 is 1. The number of hydrogen-bond donors (Lipinski definition) is 0. The molecule has 6 nitrogen and oxygen atoms in total. The minimum Gasteiger partial charge on any atom is -0.482 e. The summed E-state index contributed by atoms with van der Waals surface area (Å²) in [6.45, 7) is -0.159. The van der Waals surface area contributed by atoms with Crippen LogP contribution in [0.15, 0.2) is 65.3 Å². The highest BCUT2D eigenvalue weighted by Crippen LogP contribution is 2.20. The van der Waals surface area contributed by atoms with E-state index < -0.39 is 11.9 Å². The second kappa shape index (κ2) is 7.44. The lowest BCUT2D eigenvalue weighted by atomic mass is 10.2. The van der Waals surface area contributed by atoms with Crippen LogP contribution < -0.4 is 4.74 Å². The van der Waals surface area contributed by atoms with E-state index in [1.165, 1.54) is 7.11 Å². The number of carbonyl (C=O) groups excluding carboxylic acids is 2. The van der Waals surface area contributed by atoms with E-state index in [1.807, 2.05) is 30.3 Å². The minimum atomic E-state index is -0.495. The Kier molecular flexibility index (Phi) is 4.89. The number of ether oxygens (including phenoxy) is 3. The molecular weight excluding hydrogens is 322 g/mol. The Morgan fingerprint density at radius 1 is 1.12 bits per heavy atom. The number of rotatable bonds is 5. The van der Waals surface area contributed by atoms with E-state index in [2.05, 4.69) is 9.73 Å². The number of benzene rings is 2. The van der Waals surface area contributed by atoms with Gasteiger partial charge in [0.2, 0.25) is 5.90 Å². The largest absolute Gasteiger partial charge is 0.482 e. The third kappa shape index (κ3) is 4.11. The van der Waals surface area contributed by atoms with Crippen molar-refractivity contribution in [2.75, 3.05) is 13.7 Å². The topological polar surface area (TPSA) is 74.2 Å².